The molecule has 9 heteroatoms. The normalized spacial score (nSPS) is 15.4. The average molecular weight is 429 g/mol. The molecule has 0 bridgehead atoms. The van der Waals surface area contributed by atoms with Crippen LogP contribution in [0.15, 0.2) is 53.6 Å². The lowest BCUT2D eigenvalue weighted by Gasteiger charge is -2.19. The standard InChI is InChI=1S/C21H23N3O5S/c1-14(25)22-21-23-24(15(2)26)20(30-21)16-4-6-18(7-5-16)28-12-13-29-19-10-8-17(27-3)9-11-19/h4-11,20H,12-13H2,1-3H3,(H,22,23,25)/t20-/m1/s1. The number of benzene rings is 2. The molecule has 0 aliphatic carbocycles. The van der Waals surface area contributed by atoms with Gasteiger partial charge in [0.25, 0.3) is 0 Å². The molecule has 158 valence electrons. The summed E-state index contributed by atoms with van der Waals surface area (Å²) in [5, 5.41) is 8.23. The van der Waals surface area contributed by atoms with Crippen molar-refractivity contribution in [3.63, 3.8) is 0 Å². The zero-order valence-corrected chi connectivity index (χ0v) is 17.8. The highest BCUT2D eigenvalue weighted by Crippen LogP contribution is 2.39. The fourth-order valence-electron chi connectivity index (χ4n) is 2.70. The number of thioether (sulfide) groups is 1. The number of hydrogen-bond donors (Lipinski definition) is 1. The first kappa shape index (κ1) is 21.5. The third-order valence-corrected chi connectivity index (χ3v) is 5.20. The number of hydrazone groups is 1. The average Bonchev–Trinajstić information content (AvgIpc) is 3.15. The molecular formula is C21H23N3O5S. The molecular weight excluding hydrogens is 406 g/mol. The summed E-state index contributed by atoms with van der Waals surface area (Å²) in [6.45, 7) is 3.63. The van der Waals surface area contributed by atoms with Crippen LogP contribution >= 0.6 is 11.8 Å². The van der Waals surface area contributed by atoms with Crippen LogP contribution in [0, 0.1) is 0 Å². The summed E-state index contributed by atoms with van der Waals surface area (Å²) in [6.07, 6.45) is 0. The Morgan fingerprint density at radius 3 is 2.00 bits per heavy atom. The maximum absolute atomic E-state index is 11.9. The molecule has 0 unspecified atom stereocenters. The molecule has 8 nitrogen and oxygen atoms in total. The number of nitrogens with one attached hydrogen (secondary N) is 1. The number of hydrogen-bond acceptors (Lipinski definition) is 7. The van der Waals surface area contributed by atoms with Gasteiger partial charge in [0, 0.05) is 13.8 Å². The number of carbonyl (C=O) groups excluding carboxylic acids is 2. The van der Waals surface area contributed by atoms with Crippen molar-refractivity contribution in [2.75, 3.05) is 20.3 Å². The SMILES string of the molecule is COc1ccc(OCCOc2ccc([C@H]3SC(NC(C)=O)=NN3C(C)=O)cc2)cc1. The zero-order chi connectivity index (χ0) is 21.5. The molecule has 2 amide bonds. The highest BCUT2D eigenvalue weighted by Gasteiger charge is 2.32. The van der Waals surface area contributed by atoms with E-state index in [1.807, 2.05) is 48.5 Å². The molecule has 1 N–H and O–H groups in total. The summed E-state index contributed by atoms with van der Waals surface area (Å²) in [4.78, 5) is 23.2. The lowest BCUT2D eigenvalue weighted by molar-refractivity contribution is -0.129. The number of amidine groups is 1. The van der Waals surface area contributed by atoms with Crippen molar-refractivity contribution < 1.29 is 23.8 Å². The Labute approximate surface area is 179 Å². The minimum absolute atomic E-state index is 0.205. The summed E-state index contributed by atoms with van der Waals surface area (Å²) < 4.78 is 16.5. The third kappa shape index (κ3) is 5.66. The van der Waals surface area contributed by atoms with Crippen LogP contribution in [0.2, 0.25) is 0 Å². The third-order valence-electron chi connectivity index (χ3n) is 4.10. The Balaban J connectivity index is 1.51. The van der Waals surface area contributed by atoms with Gasteiger partial charge >= 0.3 is 0 Å². The van der Waals surface area contributed by atoms with E-state index in [-0.39, 0.29) is 17.2 Å². The van der Waals surface area contributed by atoms with Gasteiger partial charge in [-0.2, -0.15) is 0 Å². The van der Waals surface area contributed by atoms with Gasteiger partial charge in [-0.25, -0.2) is 5.01 Å². The van der Waals surface area contributed by atoms with Crippen molar-refractivity contribution in [3.05, 3.63) is 54.1 Å². The van der Waals surface area contributed by atoms with Crippen molar-refractivity contribution >= 4 is 28.7 Å². The van der Waals surface area contributed by atoms with Crippen LogP contribution in [-0.2, 0) is 9.59 Å². The number of rotatable bonds is 7. The van der Waals surface area contributed by atoms with Crippen molar-refractivity contribution in [3.8, 4) is 17.2 Å². The number of amides is 2. The molecule has 3 rings (SSSR count). The second kappa shape index (κ2) is 10.0. The van der Waals surface area contributed by atoms with Gasteiger partial charge in [-0.1, -0.05) is 23.9 Å². The van der Waals surface area contributed by atoms with E-state index in [1.54, 1.807) is 7.11 Å². The maximum atomic E-state index is 11.9. The molecule has 0 saturated carbocycles. The van der Waals surface area contributed by atoms with Crippen LogP contribution in [0.5, 0.6) is 17.2 Å². The van der Waals surface area contributed by atoms with Crippen LogP contribution < -0.4 is 19.5 Å². The Bertz CT molecular complexity index is 915. The van der Waals surface area contributed by atoms with E-state index in [2.05, 4.69) is 10.4 Å². The fraction of sp³-hybridized carbons (Fsp3) is 0.286. The van der Waals surface area contributed by atoms with E-state index < -0.39 is 0 Å². The molecule has 0 radical (unpaired) electrons. The van der Waals surface area contributed by atoms with Gasteiger partial charge in [0.1, 0.15) is 35.8 Å². The van der Waals surface area contributed by atoms with Crippen molar-refractivity contribution in [1.82, 2.24) is 10.3 Å². The predicted octanol–water partition coefficient (Wildman–Crippen LogP) is 3.15. The Hall–Kier alpha value is -3.20. The topological polar surface area (TPSA) is 89.5 Å². The number of ether oxygens (including phenoxy) is 3. The van der Waals surface area contributed by atoms with Gasteiger partial charge in [-0.05, 0) is 42.0 Å². The van der Waals surface area contributed by atoms with E-state index in [0.29, 0.717) is 24.1 Å². The zero-order valence-electron chi connectivity index (χ0n) is 17.0. The molecule has 0 spiro atoms. The molecule has 1 aliphatic rings. The van der Waals surface area contributed by atoms with Gasteiger partial charge in [0.2, 0.25) is 11.8 Å². The lowest BCUT2D eigenvalue weighted by atomic mass is 10.2. The van der Waals surface area contributed by atoms with Crippen molar-refractivity contribution in [1.29, 1.82) is 0 Å². The highest BCUT2D eigenvalue weighted by molar-refractivity contribution is 8.14. The fourth-order valence-corrected chi connectivity index (χ4v) is 3.84. The molecule has 2 aromatic rings. The Morgan fingerprint density at radius 1 is 0.967 bits per heavy atom. The van der Waals surface area contributed by atoms with Crippen molar-refractivity contribution in [2.45, 2.75) is 19.2 Å². The Kier molecular flexibility index (Phi) is 7.18. The minimum atomic E-state index is -0.336. The smallest absolute Gasteiger partial charge is 0.241 e. The minimum Gasteiger partial charge on any atom is -0.497 e. The van der Waals surface area contributed by atoms with Crippen LogP contribution in [0.3, 0.4) is 0 Å². The monoisotopic (exact) mass is 429 g/mol. The van der Waals surface area contributed by atoms with E-state index in [0.717, 1.165) is 17.1 Å². The van der Waals surface area contributed by atoms with Gasteiger partial charge in [0.05, 0.1) is 7.11 Å². The summed E-state index contributed by atoms with van der Waals surface area (Å²) >= 11 is 1.31. The second-order valence-corrected chi connectivity index (χ2v) is 7.43. The lowest BCUT2D eigenvalue weighted by Crippen LogP contribution is -2.25. The molecule has 0 fully saturated rings. The summed E-state index contributed by atoms with van der Waals surface area (Å²) in [5.41, 5.74) is 0.876. The number of methoxy groups -OCH3 is 1. The molecule has 0 saturated heterocycles. The van der Waals surface area contributed by atoms with Crippen molar-refractivity contribution in [2.24, 2.45) is 5.10 Å². The first-order chi connectivity index (χ1) is 14.5. The molecule has 1 atom stereocenters. The van der Waals surface area contributed by atoms with E-state index in [1.165, 1.54) is 30.6 Å². The van der Waals surface area contributed by atoms with Gasteiger partial charge < -0.3 is 19.5 Å². The van der Waals surface area contributed by atoms with Gasteiger partial charge in [0.15, 0.2) is 5.17 Å². The predicted molar refractivity (Wildman–Crippen MR) is 115 cm³/mol. The quantitative estimate of drug-likeness (QED) is 0.680. The molecule has 1 heterocycles. The summed E-state index contributed by atoms with van der Waals surface area (Å²) in [6, 6.07) is 14.8. The van der Waals surface area contributed by atoms with Gasteiger partial charge in [-0.3, -0.25) is 9.59 Å². The number of nitrogens with zero attached hydrogens (tertiary/aromatic N) is 2. The second-order valence-electron chi connectivity index (χ2n) is 6.36. The Morgan fingerprint density at radius 2 is 1.50 bits per heavy atom. The molecule has 30 heavy (non-hydrogen) atoms. The summed E-state index contributed by atoms with van der Waals surface area (Å²) in [7, 11) is 1.62. The van der Waals surface area contributed by atoms with Crippen LogP contribution in [0.4, 0.5) is 0 Å². The van der Waals surface area contributed by atoms with Gasteiger partial charge in [-0.15, -0.1) is 5.10 Å². The molecule has 1 aliphatic heterocycles. The van der Waals surface area contributed by atoms with E-state index in [9.17, 15) is 9.59 Å². The first-order valence-corrected chi connectivity index (χ1v) is 10.2. The van der Waals surface area contributed by atoms with Crippen LogP contribution in [0.25, 0.3) is 0 Å². The largest absolute Gasteiger partial charge is 0.497 e. The number of carbonyl (C=O) groups is 2. The highest BCUT2D eigenvalue weighted by atomic mass is 32.2. The molecule has 0 aromatic heterocycles. The first-order valence-electron chi connectivity index (χ1n) is 9.28. The van der Waals surface area contributed by atoms with E-state index >= 15 is 0 Å². The maximum Gasteiger partial charge on any atom is 0.241 e. The van der Waals surface area contributed by atoms with E-state index in [4.69, 9.17) is 14.2 Å². The van der Waals surface area contributed by atoms with Crippen LogP contribution in [0.1, 0.15) is 24.8 Å². The van der Waals surface area contributed by atoms with Crippen LogP contribution in [-0.4, -0.2) is 42.3 Å². The molecule has 2 aromatic carbocycles. The summed E-state index contributed by atoms with van der Waals surface area (Å²) in [5.74, 6) is 1.77.